The Balaban J connectivity index is 3.49. The van der Waals surface area contributed by atoms with E-state index in [1.54, 1.807) is 0 Å². The summed E-state index contributed by atoms with van der Waals surface area (Å²) in [6, 6.07) is 0. The molecule has 0 aliphatic carbocycles. The zero-order valence-electron chi connectivity index (χ0n) is 7.47. The highest BCUT2D eigenvalue weighted by Crippen LogP contribution is 2.13. The van der Waals surface area contributed by atoms with Crippen LogP contribution in [0.1, 0.15) is 19.3 Å². The van der Waals surface area contributed by atoms with Gasteiger partial charge in [-0.05, 0) is 38.8 Å². The van der Waals surface area contributed by atoms with Crippen molar-refractivity contribution in [3.8, 4) is 0 Å². The molecule has 0 bridgehead atoms. The van der Waals surface area contributed by atoms with E-state index in [2.05, 4.69) is 18.5 Å². The lowest BCUT2D eigenvalue weighted by atomic mass is 9.98. The van der Waals surface area contributed by atoms with Crippen LogP contribution in [0, 0.1) is 5.92 Å². The summed E-state index contributed by atoms with van der Waals surface area (Å²) in [5, 5.41) is 3.15. The first-order chi connectivity index (χ1) is 5.35. The summed E-state index contributed by atoms with van der Waals surface area (Å²) >= 11 is 0. The van der Waals surface area contributed by atoms with Crippen molar-refractivity contribution in [3.63, 3.8) is 0 Å². The average molecular weight is 153 g/mol. The van der Waals surface area contributed by atoms with Gasteiger partial charge in [-0.1, -0.05) is 12.2 Å². The molecule has 1 heteroatoms. The fourth-order valence-corrected chi connectivity index (χ4v) is 1.15. The van der Waals surface area contributed by atoms with Crippen LogP contribution in [-0.4, -0.2) is 13.6 Å². The van der Waals surface area contributed by atoms with E-state index in [0.29, 0.717) is 0 Å². The first kappa shape index (κ1) is 10.4. The molecule has 11 heavy (non-hydrogen) atoms. The van der Waals surface area contributed by atoms with Crippen LogP contribution in [0.4, 0.5) is 0 Å². The second-order valence-electron chi connectivity index (χ2n) is 2.81. The second-order valence-corrected chi connectivity index (χ2v) is 2.81. The van der Waals surface area contributed by atoms with Crippen LogP contribution >= 0.6 is 0 Å². The van der Waals surface area contributed by atoms with E-state index in [4.69, 9.17) is 0 Å². The van der Waals surface area contributed by atoms with Gasteiger partial charge in [0.1, 0.15) is 0 Å². The van der Waals surface area contributed by atoms with Gasteiger partial charge in [0.25, 0.3) is 0 Å². The van der Waals surface area contributed by atoms with Crippen molar-refractivity contribution in [2.24, 2.45) is 5.92 Å². The highest BCUT2D eigenvalue weighted by Gasteiger charge is 2.02. The van der Waals surface area contributed by atoms with Crippen molar-refractivity contribution < 1.29 is 0 Å². The lowest BCUT2D eigenvalue weighted by Crippen LogP contribution is -2.12. The van der Waals surface area contributed by atoms with E-state index in [9.17, 15) is 0 Å². The number of hydrogen-bond donors (Lipinski definition) is 1. The fourth-order valence-electron chi connectivity index (χ4n) is 1.15. The molecular weight excluding hydrogens is 134 g/mol. The van der Waals surface area contributed by atoms with Crippen LogP contribution in [0.2, 0.25) is 0 Å². The Bertz CT molecular complexity index is 97.4. The summed E-state index contributed by atoms with van der Waals surface area (Å²) in [5.74, 6) is 0.734. The largest absolute Gasteiger partial charge is 0.320 e. The summed E-state index contributed by atoms with van der Waals surface area (Å²) in [6.45, 7) is 8.56. The fraction of sp³-hybridized carbons (Fsp3) is 0.600. The van der Waals surface area contributed by atoms with Gasteiger partial charge in [-0.3, -0.25) is 0 Å². The van der Waals surface area contributed by atoms with Crippen LogP contribution in [-0.2, 0) is 0 Å². The molecule has 64 valence electrons. The van der Waals surface area contributed by atoms with Crippen LogP contribution in [0.15, 0.2) is 25.3 Å². The summed E-state index contributed by atoms with van der Waals surface area (Å²) in [4.78, 5) is 0. The van der Waals surface area contributed by atoms with Crippen molar-refractivity contribution >= 4 is 0 Å². The van der Waals surface area contributed by atoms with Crippen LogP contribution in [0.25, 0.3) is 0 Å². The predicted octanol–water partition coefficient (Wildman–Crippen LogP) is 2.36. The molecule has 0 unspecified atom stereocenters. The lowest BCUT2D eigenvalue weighted by molar-refractivity contribution is 0.486. The van der Waals surface area contributed by atoms with Crippen LogP contribution in [0.3, 0.4) is 0 Å². The van der Waals surface area contributed by atoms with Gasteiger partial charge in [0, 0.05) is 0 Å². The third kappa shape index (κ3) is 5.86. The quantitative estimate of drug-likeness (QED) is 0.554. The molecule has 1 N–H and O–H groups in total. The monoisotopic (exact) mass is 153 g/mol. The Morgan fingerprint density at radius 3 is 2.18 bits per heavy atom. The van der Waals surface area contributed by atoms with Crippen molar-refractivity contribution in [1.29, 1.82) is 0 Å². The maximum atomic E-state index is 3.74. The summed E-state index contributed by atoms with van der Waals surface area (Å²) in [5.41, 5.74) is 0. The summed E-state index contributed by atoms with van der Waals surface area (Å²) in [6.07, 6.45) is 7.41. The molecule has 0 saturated heterocycles. The molecular formula is C10H19N. The van der Waals surface area contributed by atoms with Crippen molar-refractivity contribution in [1.82, 2.24) is 5.32 Å². The minimum Gasteiger partial charge on any atom is -0.320 e. The molecule has 0 saturated carbocycles. The Hall–Kier alpha value is -0.560. The second kappa shape index (κ2) is 7.55. The SMILES string of the molecule is C=CCC(CC=C)CCNC. The third-order valence-corrected chi connectivity index (χ3v) is 1.80. The zero-order valence-corrected chi connectivity index (χ0v) is 7.47. The average Bonchev–Trinajstić information content (AvgIpc) is 2.01. The van der Waals surface area contributed by atoms with Crippen LogP contribution in [0.5, 0.6) is 0 Å². The minimum atomic E-state index is 0.734. The van der Waals surface area contributed by atoms with E-state index in [-0.39, 0.29) is 0 Å². The van der Waals surface area contributed by atoms with Crippen LogP contribution < -0.4 is 5.32 Å². The van der Waals surface area contributed by atoms with E-state index in [1.165, 1.54) is 6.42 Å². The molecule has 0 radical (unpaired) electrons. The molecule has 0 aliphatic rings. The standard InChI is InChI=1S/C10H19N/c1-4-6-10(7-5-2)8-9-11-3/h4-5,10-11H,1-2,6-9H2,3H3. The summed E-state index contributed by atoms with van der Waals surface area (Å²) in [7, 11) is 1.98. The number of allylic oxidation sites excluding steroid dienone is 2. The van der Waals surface area contributed by atoms with Gasteiger partial charge in [-0.2, -0.15) is 0 Å². The Morgan fingerprint density at radius 2 is 1.82 bits per heavy atom. The van der Waals surface area contributed by atoms with E-state index in [1.807, 2.05) is 19.2 Å². The highest BCUT2D eigenvalue weighted by atomic mass is 14.8. The van der Waals surface area contributed by atoms with Gasteiger partial charge in [0.15, 0.2) is 0 Å². The normalized spacial score (nSPS) is 10.0. The number of hydrogen-bond acceptors (Lipinski definition) is 1. The Morgan fingerprint density at radius 1 is 1.27 bits per heavy atom. The summed E-state index contributed by atoms with van der Waals surface area (Å²) < 4.78 is 0. The zero-order chi connectivity index (χ0) is 8.53. The first-order valence-corrected chi connectivity index (χ1v) is 4.21. The molecule has 0 aromatic heterocycles. The predicted molar refractivity (Wildman–Crippen MR) is 51.7 cm³/mol. The molecule has 0 amide bonds. The Kier molecular flexibility index (Phi) is 7.16. The van der Waals surface area contributed by atoms with Gasteiger partial charge in [0.2, 0.25) is 0 Å². The first-order valence-electron chi connectivity index (χ1n) is 4.21. The third-order valence-electron chi connectivity index (χ3n) is 1.80. The van der Waals surface area contributed by atoms with Crippen molar-refractivity contribution in [2.45, 2.75) is 19.3 Å². The van der Waals surface area contributed by atoms with Gasteiger partial charge in [-0.25, -0.2) is 0 Å². The van der Waals surface area contributed by atoms with Gasteiger partial charge in [0.05, 0.1) is 0 Å². The topological polar surface area (TPSA) is 12.0 Å². The smallest absolute Gasteiger partial charge is 0.00491 e. The van der Waals surface area contributed by atoms with Crippen molar-refractivity contribution in [2.75, 3.05) is 13.6 Å². The molecule has 0 aliphatic heterocycles. The van der Waals surface area contributed by atoms with Gasteiger partial charge in [-0.15, -0.1) is 13.2 Å². The molecule has 1 nitrogen and oxygen atoms in total. The maximum absolute atomic E-state index is 3.74. The van der Waals surface area contributed by atoms with E-state index < -0.39 is 0 Å². The molecule has 0 atom stereocenters. The highest BCUT2D eigenvalue weighted by molar-refractivity contribution is 4.79. The molecule has 0 heterocycles. The number of nitrogens with one attached hydrogen (secondary N) is 1. The minimum absolute atomic E-state index is 0.734. The van der Waals surface area contributed by atoms with Gasteiger partial charge >= 0.3 is 0 Å². The Labute approximate surface area is 70.2 Å². The molecule has 0 aromatic carbocycles. The van der Waals surface area contributed by atoms with E-state index in [0.717, 1.165) is 25.3 Å². The van der Waals surface area contributed by atoms with Crippen molar-refractivity contribution in [3.05, 3.63) is 25.3 Å². The molecule has 0 fully saturated rings. The van der Waals surface area contributed by atoms with Gasteiger partial charge < -0.3 is 5.32 Å². The van der Waals surface area contributed by atoms with E-state index >= 15 is 0 Å². The molecule has 0 spiro atoms. The lowest BCUT2D eigenvalue weighted by Gasteiger charge is -2.11. The number of rotatable bonds is 7. The molecule has 0 aromatic rings. The maximum Gasteiger partial charge on any atom is -0.00491 e. The molecule has 0 rings (SSSR count).